The smallest absolute Gasteiger partial charge is 0.385 e. The van der Waals surface area contributed by atoms with Gasteiger partial charge < -0.3 is 15.0 Å². The number of halogens is 4. The van der Waals surface area contributed by atoms with E-state index in [4.69, 9.17) is 4.74 Å². The molecule has 24 heavy (non-hydrogen) atoms. The van der Waals surface area contributed by atoms with Crippen molar-refractivity contribution >= 4 is 11.4 Å². The maximum atomic E-state index is 14.2. The molecule has 1 aliphatic rings. The molecule has 1 unspecified atom stereocenters. The van der Waals surface area contributed by atoms with Crippen LogP contribution in [0.1, 0.15) is 17.5 Å². The molecule has 0 radical (unpaired) electrons. The van der Waals surface area contributed by atoms with E-state index in [1.807, 2.05) is 0 Å². The average Bonchev–Trinajstić information content (AvgIpc) is 2.51. The molecule has 1 aromatic carbocycles. The molecule has 2 N–H and O–H groups in total. The van der Waals surface area contributed by atoms with Crippen LogP contribution in [0.4, 0.5) is 28.9 Å². The summed E-state index contributed by atoms with van der Waals surface area (Å²) in [5.74, 6) is -0.783. The van der Waals surface area contributed by atoms with Crippen LogP contribution in [0.2, 0.25) is 0 Å². The Morgan fingerprint density at radius 3 is 2.62 bits per heavy atom. The van der Waals surface area contributed by atoms with E-state index >= 15 is 0 Å². The highest BCUT2D eigenvalue weighted by Crippen LogP contribution is 2.55. The molecule has 8 heteroatoms. The second kappa shape index (κ2) is 5.62. The zero-order chi connectivity index (χ0) is 17.5. The van der Waals surface area contributed by atoms with Gasteiger partial charge in [-0.05, 0) is 36.2 Å². The number of rotatable bonds is 3. The van der Waals surface area contributed by atoms with Crippen molar-refractivity contribution in [2.75, 3.05) is 19.0 Å². The first-order chi connectivity index (χ1) is 11.3. The second-order valence-corrected chi connectivity index (χ2v) is 5.56. The quantitative estimate of drug-likeness (QED) is 0.840. The first-order valence-electron chi connectivity index (χ1n) is 7.16. The van der Waals surface area contributed by atoms with Crippen LogP contribution in [0.5, 0.6) is 0 Å². The molecule has 128 valence electrons. The number of alkyl halides is 3. The van der Waals surface area contributed by atoms with Gasteiger partial charge >= 0.3 is 6.18 Å². The Morgan fingerprint density at radius 2 is 1.96 bits per heavy atom. The predicted octanol–water partition coefficient (Wildman–Crippen LogP) is 3.46. The van der Waals surface area contributed by atoms with Gasteiger partial charge in [0, 0.05) is 31.2 Å². The number of aromatic amines is 1. The van der Waals surface area contributed by atoms with Gasteiger partial charge in [0.1, 0.15) is 16.9 Å². The summed E-state index contributed by atoms with van der Waals surface area (Å²) in [5, 5.41) is 2.69. The fourth-order valence-electron chi connectivity index (χ4n) is 3.19. The Labute approximate surface area is 134 Å². The predicted molar refractivity (Wildman–Crippen MR) is 80.1 cm³/mol. The van der Waals surface area contributed by atoms with Crippen LogP contribution in [0, 0.1) is 5.82 Å². The van der Waals surface area contributed by atoms with Crippen LogP contribution in [0.3, 0.4) is 0 Å². The van der Waals surface area contributed by atoms with Gasteiger partial charge in [0.15, 0.2) is 0 Å². The first-order valence-corrected chi connectivity index (χ1v) is 7.16. The minimum atomic E-state index is -4.75. The van der Waals surface area contributed by atoms with E-state index < -0.39 is 29.4 Å². The zero-order valence-electron chi connectivity index (χ0n) is 12.6. The van der Waals surface area contributed by atoms with Gasteiger partial charge in [0.05, 0.1) is 0 Å². The molecule has 0 aliphatic carbocycles. The number of H-pyrrole nitrogens is 1. The number of nitrogens with one attached hydrogen (secondary N) is 2. The van der Waals surface area contributed by atoms with Crippen LogP contribution >= 0.6 is 0 Å². The summed E-state index contributed by atoms with van der Waals surface area (Å²) in [6.07, 6.45) is -4.07. The Morgan fingerprint density at radius 1 is 1.21 bits per heavy atom. The summed E-state index contributed by atoms with van der Waals surface area (Å²) in [5.41, 5.74) is -3.85. The van der Waals surface area contributed by atoms with Gasteiger partial charge in [-0.2, -0.15) is 13.2 Å². The lowest BCUT2D eigenvalue weighted by Gasteiger charge is -2.41. The lowest BCUT2D eigenvalue weighted by molar-refractivity contribution is -0.182. The second-order valence-electron chi connectivity index (χ2n) is 5.56. The minimum absolute atomic E-state index is 0.0500. The van der Waals surface area contributed by atoms with Crippen LogP contribution < -0.4 is 10.9 Å². The molecular weight excluding hydrogens is 328 g/mol. The molecule has 2 heterocycles. The summed E-state index contributed by atoms with van der Waals surface area (Å²) in [4.78, 5) is 14.4. The number of pyridine rings is 1. The van der Waals surface area contributed by atoms with E-state index in [1.54, 1.807) is 0 Å². The van der Waals surface area contributed by atoms with E-state index in [0.29, 0.717) is 0 Å². The van der Waals surface area contributed by atoms with Crippen molar-refractivity contribution in [1.82, 2.24) is 4.98 Å². The molecule has 4 nitrogen and oxygen atoms in total. The number of benzene rings is 1. The molecule has 1 atom stereocenters. The Balaban J connectivity index is 2.40. The number of methoxy groups -OCH3 is 1. The normalized spacial score (nSPS) is 19.4. The SMILES string of the molecule is COCCC1(C(F)(F)F)c2cc(F)ccc2Nc2c1cc[nH]c2=O. The molecule has 3 rings (SSSR count). The summed E-state index contributed by atoms with van der Waals surface area (Å²) in [6.45, 7) is -0.207. The number of hydrogen-bond acceptors (Lipinski definition) is 3. The van der Waals surface area contributed by atoms with E-state index in [1.165, 1.54) is 19.2 Å². The topological polar surface area (TPSA) is 54.1 Å². The molecule has 1 aliphatic heterocycles. The highest BCUT2D eigenvalue weighted by atomic mass is 19.4. The Hall–Kier alpha value is -2.35. The van der Waals surface area contributed by atoms with Crippen LogP contribution in [0.15, 0.2) is 35.3 Å². The van der Waals surface area contributed by atoms with Crippen molar-refractivity contribution in [2.24, 2.45) is 0 Å². The van der Waals surface area contributed by atoms with Gasteiger partial charge in [0.2, 0.25) is 0 Å². The summed E-state index contributed by atoms with van der Waals surface area (Å²) in [7, 11) is 1.29. The Bertz CT molecular complexity index is 832. The number of ether oxygens (including phenoxy) is 1. The average molecular weight is 342 g/mol. The third-order valence-corrected chi connectivity index (χ3v) is 4.29. The largest absolute Gasteiger partial charge is 0.402 e. The molecule has 0 saturated carbocycles. The fraction of sp³-hybridized carbons (Fsp3) is 0.312. The fourth-order valence-corrected chi connectivity index (χ4v) is 3.19. The van der Waals surface area contributed by atoms with Crippen LogP contribution in [-0.2, 0) is 10.2 Å². The molecular formula is C16H14F4N2O2. The number of hydrogen-bond donors (Lipinski definition) is 2. The highest BCUT2D eigenvalue weighted by molar-refractivity contribution is 5.75. The summed E-state index contributed by atoms with van der Waals surface area (Å²) in [6, 6.07) is 4.30. The summed E-state index contributed by atoms with van der Waals surface area (Å²) < 4.78 is 61.2. The van der Waals surface area contributed by atoms with Crippen molar-refractivity contribution < 1.29 is 22.3 Å². The van der Waals surface area contributed by atoms with Crippen molar-refractivity contribution in [3.05, 3.63) is 57.8 Å². The van der Waals surface area contributed by atoms with E-state index in [9.17, 15) is 22.4 Å². The molecule has 0 spiro atoms. The lowest BCUT2D eigenvalue weighted by atomic mass is 9.68. The molecule has 1 aromatic heterocycles. The van der Waals surface area contributed by atoms with E-state index in [0.717, 1.165) is 18.3 Å². The molecule has 0 amide bonds. The number of aromatic nitrogens is 1. The van der Waals surface area contributed by atoms with Crippen LogP contribution in [-0.4, -0.2) is 24.9 Å². The monoisotopic (exact) mass is 342 g/mol. The lowest BCUT2D eigenvalue weighted by Crippen LogP contribution is -2.48. The third kappa shape index (κ3) is 2.29. The highest BCUT2D eigenvalue weighted by Gasteiger charge is 2.60. The van der Waals surface area contributed by atoms with Crippen molar-refractivity contribution in [3.63, 3.8) is 0 Å². The van der Waals surface area contributed by atoms with Crippen LogP contribution in [0.25, 0.3) is 0 Å². The molecule has 0 saturated heterocycles. The molecule has 0 bridgehead atoms. The zero-order valence-corrected chi connectivity index (χ0v) is 12.6. The minimum Gasteiger partial charge on any atom is -0.385 e. The van der Waals surface area contributed by atoms with Gasteiger partial charge in [-0.15, -0.1) is 0 Å². The third-order valence-electron chi connectivity index (χ3n) is 4.29. The number of anilines is 2. The number of fused-ring (bicyclic) bond motifs is 2. The Kier molecular flexibility index (Phi) is 3.87. The van der Waals surface area contributed by atoms with Gasteiger partial charge in [-0.25, -0.2) is 4.39 Å². The molecule has 2 aromatic rings. The molecule has 0 fully saturated rings. The van der Waals surface area contributed by atoms with E-state index in [-0.39, 0.29) is 29.1 Å². The van der Waals surface area contributed by atoms with Crippen molar-refractivity contribution in [3.8, 4) is 0 Å². The van der Waals surface area contributed by atoms with E-state index in [2.05, 4.69) is 10.3 Å². The maximum Gasteiger partial charge on any atom is 0.402 e. The summed E-state index contributed by atoms with van der Waals surface area (Å²) >= 11 is 0. The maximum absolute atomic E-state index is 14.2. The van der Waals surface area contributed by atoms with Gasteiger partial charge in [-0.1, -0.05) is 0 Å². The first kappa shape index (κ1) is 16.5. The van der Waals surface area contributed by atoms with Crippen molar-refractivity contribution in [1.29, 1.82) is 0 Å². The standard InChI is InChI=1S/C16H14F4N2O2/c1-24-7-5-15(16(18,19)20)10-4-6-21-14(23)13(10)22-12-3-2-9(17)8-11(12)15/h2-4,6,8,22H,5,7H2,1H3,(H,21,23). The van der Waals surface area contributed by atoms with Gasteiger partial charge in [-0.3, -0.25) is 4.79 Å². The van der Waals surface area contributed by atoms with Crippen molar-refractivity contribution in [2.45, 2.75) is 18.0 Å². The van der Waals surface area contributed by atoms with Gasteiger partial charge in [0.25, 0.3) is 5.56 Å².